The fourth-order valence-corrected chi connectivity index (χ4v) is 2.85. The predicted octanol–water partition coefficient (Wildman–Crippen LogP) is 3.40. The minimum atomic E-state index is -0.528. The summed E-state index contributed by atoms with van der Waals surface area (Å²) in [4.78, 5) is 25.6. The van der Waals surface area contributed by atoms with Crippen molar-refractivity contribution < 1.29 is 14.5 Å². The summed E-state index contributed by atoms with van der Waals surface area (Å²) in [5.74, 6) is -0.0329. The molecule has 0 atom stereocenters. The summed E-state index contributed by atoms with van der Waals surface area (Å²) in [6.45, 7) is 0. The first kappa shape index (κ1) is 14.1. The van der Waals surface area contributed by atoms with Crippen molar-refractivity contribution in [1.82, 2.24) is 4.98 Å². The van der Waals surface area contributed by atoms with Crippen molar-refractivity contribution >= 4 is 38.8 Å². The predicted molar refractivity (Wildman–Crippen MR) is 83.8 cm³/mol. The van der Waals surface area contributed by atoms with Gasteiger partial charge in [0, 0.05) is 12.1 Å². The van der Waals surface area contributed by atoms with E-state index in [9.17, 15) is 14.9 Å². The molecule has 2 heterocycles. The number of aromatic nitrogens is 1. The third-order valence-corrected chi connectivity index (χ3v) is 3.99. The molecule has 0 spiro atoms. The molecule has 3 aromatic rings. The number of benzene rings is 1. The standard InChI is InChI=1S/C14H11N3O4S/c1-21-12-3-2-8(17(19)20)6-10(12)16-14(18)11-7-13-9(15-11)4-5-22-13/h2-7,15H,1H3,(H,16,18). The SMILES string of the molecule is COc1ccc([N+](=O)[O-])cc1NC(=O)c1cc2sccc2[nH]1. The first-order valence-electron chi connectivity index (χ1n) is 6.28. The Morgan fingerprint density at radius 2 is 2.18 bits per heavy atom. The molecule has 0 saturated carbocycles. The molecule has 1 aromatic carbocycles. The second-order valence-corrected chi connectivity index (χ2v) is 5.43. The van der Waals surface area contributed by atoms with Crippen molar-refractivity contribution in [3.05, 3.63) is 51.5 Å². The number of rotatable bonds is 4. The highest BCUT2D eigenvalue weighted by atomic mass is 32.1. The molecule has 22 heavy (non-hydrogen) atoms. The van der Waals surface area contributed by atoms with E-state index >= 15 is 0 Å². The Morgan fingerprint density at radius 1 is 1.36 bits per heavy atom. The maximum absolute atomic E-state index is 12.3. The molecule has 0 fully saturated rings. The molecule has 1 amide bonds. The number of nitrogens with zero attached hydrogens (tertiary/aromatic N) is 1. The van der Waals surface area contributed by atoms with Crippen LogP contribution in [0.25, 0.3) is 10.2 Å². The number of hydrogen-bond donors (Lipinski definition) is 2. The Bertz CT molecular complexity index is 839. The van der Waals surface area contributed by atoms with E-state index in [4.69, 9.17) is 4.74 Å². The maximum Gasteiger partial charge on any atom is 0.272 e. The van der Waals surface area contributed by atoms with Crippen molar-refractivity contribution in [2.24, 2.45) is 0 Å². The largest absolute Gasteiger partial charge is 0.495 e. The van der Waals surface area contributed by atoms with Gasteiger partial charge in [0.2, 0.25) is 0 Å². The molecule has 0 bridgehead atoms. The van der Waals surface area contributed by atoms with Gasteiger partial charge in [0.1, 0.15) is 11.4 Å². The number of aromatic amines is 1. The van der Waals surface area contributed by atoms with Gasteiger partial charge >= 0.3 is 0 Å². The first-order valence-corrected chi connectivity index (χ1v) is 7.16. The van der Waals surface area contributed by atoms with Gasteiger partial charge in [0.25, 0.3) is 11.6 Å². The molecule has 2 N–H and O–H groups in total. The molecule has 2 aromatic heterocycles. The zero-order valence-corrected chi connectivity index (χ0v) is 12.3. The summed E-state index contributed by atoms with van der Waals surface area (Å²) < 4.78 is 6.08. The van der Waals surface area contributed by atoms with Crippen LogP contribution in [0.3, 0.4) is 0 Å². The number of fused-ring (bicyclic) bond motifs is 1. The fourth-order valence-electron chi connectivity index (χ4n) is 2.07. The van der Waals surface area contributed by atoms with E-state index in [1.807, 2.05) is 11.4 Å². The lowest BCUT2D eigenvalue weighted by Crippen LogP contribution is -2.13. The minimum absolute atomic E-state index is 0.122. The van der Waals surface area contributed by atoms with E-state index in [1.165, 1.54) is 36.6 Å². The van der Waals surface area contributed by atoms with Gasteiger partial charge in [-0.25, -0.2) is 0 Å². The van der Waals surface area contributed by atoms with E-state index in [1.54, 1.807) is 6.07 Å². The number of nitrogens with one attached hydrogen (secondary N) is 2. The number of H-pyrrole nitrogens is 1. The Balaban J connectivity index is 1.90. The number of hydrogen-bond acceptors (Lipinski definition) is 5. The summed E-state index contributed by atoms with van der Waals surface area (Å²) in [6.07, 6.45) is 0. The average molecular weight is 317 g/mol. The zero-order chi connectivity index (χ0) is 15.7. The van der Waals surface area contributed by atoms with Crippen molar-refractivity contribution in [3.8, 4) is 5.75 Å². The number of ether oxygens (including phenoxy) is 1. The third-order valence-electron chi connectivity index (χ3n) is 3.13. The topological polar surface area (TPSA) is 97.3 Å². The van der Waals surface area contributed by atoms with Crippen LogP contribution in [0.4, 0.5) is 11.4 Å². The van der Waals surface area contributed by atoms with Crippen LogP contribution in [0.1, 0.15) is 10.5 Å². The molecule has 3 rings (SSSR count). The molecule has 0 radical (unpaired) electrons. The van der Waals surface area contributed by atoms with E-state index in [2.05, 4.69) is 10.3 Å². The Kier molecular flexibility index (Phi) is 3.51. The number of thiophene rings is 1. The first-order chi connectivity index (χ1) is 10.6. The van der Waals surface area contributed by atoms with Crippen LogP contribution in [-0.4, -0.2) is 22.9 Å². The molecule has 0 unspecified atom stereocenters. The number of amides is 1. The molecule has 0 aliphatic rings. The Hall–Kier alpha value is -2.87. The molecule has 0 aliphatic heterocycles. The summed E-state index contributed by atoms with van der Waals surface area (Å²) in [7, 11) is 1.43. The summed E-state index contributed by atoms with van der Waals surface area (Å²) in [5.41, 5.74) is 1.39. The highest BCUT2D eigenvalue weighted by molar-refractivity contribution is 7.17. The maximum atomic E-state index is 12.3. The van der Waals surface area contributed by atoms with Crippen LogP contribution in [0, 0.1) is 10.1 Å². The van der Waals surface area contributed by atoms with Gasteiger partial charge in [-0.15, -0.1) is 11.3 Å². The quantitative estimate of drug-likeness (QED) is 0.569. The monoisotopic (exact) mass is 317 g/mol. The van der Waals surface area contributed by atoms with Crippen LogP contribution >= 0.6 is 11.3 Å². The number of nitro groups is 1. The summed E-state index contributed by atoms with van der Waals surface area (Å²) >= 11 is 1.52. The lowest BCUT2D eigenvalue weighted by Gasteiger charge is -2.09. The third kappa shape index (κ3) is 2.51. The van der Waals surface area contributed by atoms with Crippen molar-refractivity contribution in [3.63, 3.8) is 0 Å². The lowest BCUT2D eigenvalue weighted by atomic mass is 10.2. The van der Waals surface area contributed by atoms with Crippen LogP contribution < -0.4 is 10.1 Å². The zero-order valence-electron chi connectivity index (χ0n) is 11.5. The summed E-state index contributed by atoms with van der Waals surface area (Å²) in [5, 5.41) is 15.4. The fraction of sp³-hybridized carbons (Fsp3) is 0.0714. The Labute approximate surface area is 128 Å². The summed E-state index contributed by atoms with van der Waals surface area (Å²) in [6, 6.07) is 7.64. The minimum Gasteiger partial charge on any atom is -0.495 e. The van der Waals surface area contributed by atoms with Crippen molar-refractivity contribution in [2.75, 3.05) is 12.4 Å². The molecular weight excluding hydrogens is 306 g/mol. The molecule has 0 aliphatic carbocycles. The molecule has 8 heteroatoms. The van der Waals surface area contributed by atoms with Crippen LogP contribution in [0.5, 0.6) is 5.75 Å². The van der Waals surface area contributed by atoms with Gasteiger partial charge in [-0.3, -0.25) is 14.9 Å². The van der Waals surface area contributed by atoms with Gasteiger partial charge in [-0.05, 0) is 23.6 Å². The number of carbonyl (C=O) groups excluding carboxylic acids is 1. The highest BCUT2D eigenvalue weighted by Gasteiger charge is 2.16. The lowest BCUT2D eigenvalue weighted by molar-refractivity contribution is -0.384. The van der Waals surface area contributed by atoms with Gasteiger partial charge < -0.3 is 15.0 Å². The molecular formula is C14H11N3O4S. The highest BCUT2D eigenvalue weighted by Crippen LogP contribution is 2.29. The number of nitro benzene ring substituents is 1. The number of carbonyl (C=O) groups is 1. The smallest absolute Gasteiger partial charge is 0.272 e. The van der Waals surface area contributed by atoms with Gasteiger partial charge in [0.15, 0.2) is 0 Å². The van der Waals surface area contributed by atoms with E-state index < -0.39 is 4.92 Å². The van der Waals surface area contributed by atoms with Gasteiger partial charge in [-0.1, -0.05) is 0 Å². The molecule has 0 saturated heterocycles. The number of non-ortho nitro benzene ring substituents is 1. The average Bonchev–Trinajstić information content (AvgIpc) is 3.08. The second-order valence-electron chi connectivity index (χ2n) is 4.48. The van der Waals surface area contributed by atoms with E-state index in [-0.39, 0.29) is 17.3 Å². The van der Waals surface area contributed by atoms with E-state index in [0.29, 0.717) is 11.4 Å². The van der Waals surface area contributed by atoms with Crippen LogP contribution in [-0.2, 0) is 0 Å². The van der Waals surface area contributed by atoms with Crippen molar-refractivity contribution in [1.29, 1.82) is 0 Å². The molecule has 112 valence electrons. The number of anilines is 1. The Morgan fingerprint density at radius 3 is 2.86 bits per heavy atom. The van der Waals surface area contributed by atoms with Crippen molar-refractivity contribution in [2.45, 2.75) is 0 Å². The second kappa shape index (κ2) is 5.49. The number of methoxy groups -OCH3 is 1. The van der Waals surface area contributed by atoms with Crippen LogP contribution in [0.15, 0.2) is 35.7 Å². The van der Waals surface area contributed by atoms with Crippen LogP contribution in [0.2, 0.25) is 0 Å². The normalized spacial score (nSPS) is 10.6. The molecule has 7 nitrogen and oxygen atoms in total. The van der Waals surface area contributed by atoms with Gasteiger partial charge in [-0.2, -0.15) is 0 Å². The van der Waals surface area contributed by atoms with E-state index in [0.717, 1.165) is 10.2 Å². The van der Waals surface area contributed by atoms with Gasteiger partial charge in [0.05, 0.1) is 27.9 Å².